The van der Waals surface area contributed by atoms with E-state index >= 15 is 0 Å². The zero-order valence-electron chi connectivity index (χ0n) is 18.1. The standard InChI is InChI=1S/C22H34N4O3.HI/c1-3-23-21(25-17-11-13-26(14-12-17)22(28)29-4-2)24-15-19-18-8-6-5-7-16(18)9-10-20(19)27;/h9-10,17,27H,3-8,11-15H2,1-2H3,(H2,23,24,25);1H. The molecule has 0 atom stereocenters. The lowest BCUT2D eigenvalue weighted by Gasteiger charge is -2.32. The number of carbonyl (C=O) groups is 1. The predicted octanol–water partition coefficient (Wildman–Crippen LogP) is 3.57. The molecule has 0 aromatic heterocycles. The molecule has 1 aromatic carbocycles. The van der Waals surface area contributed by atoms with Crippen molar-refractivity contribution in [1.29, 1.82) is 0 Å². The third-order valence-electron chi connectivity index (χ3n) is 5.73. The minimum atomic E-state index is -0.226. The van der Waals surface area contributed by atoms with Crippen LogP contribution < -0.4 is 10.6 Å². The summed E-state index contributed by atoms with van der Waals surface area (Å²) in [5, 5.41) is 17.2. The van der Waals surface area contributed by atoms with E-state index in [-0.39, 0.29) is 36.1 Å². The summed E-state index contributed by atoms with van der Waals surface area (Å²) in [6.45, 7) is 6.88. The number of aromatic hydroxyl groups is 1. The molecule has 1 heterocycles. The van der Waals surface area contributed by atoms with Gasteiger partial charge in [-0.2, -0.15) is 0 Å². The Kier molecular flexibility index (Phi) is 10.0. The number of guanidine groups is 1. The van der Waals surface area contributed by atoms with Crippen LogP contribution in [0.5, 0.6) is 5.75 Å². The van der Waals surface area contributed by atoms with Crippen molar-refractivity contribution in [2.24, 2.45) is 4.99 Å². The van der Waals surface area contributed by atoms with E-state index in [2.05, 4.69) is 16.7 Å². The van der Waals surface area contributed by atoms with Crippen LogP contribution in [0.3, 0.4) is 0 Å². The van der Waals surface area contributed by atoms with Crippen LogP contribution in [-0.4, -0.2) is 54.3 Å². The van der Waals surface area contributed by atoms with E-state index in [9.17, 15) is 9.90 Å². The van der Waals surface area contributed by atoms with Crippen molar-refractivity contribution in [2.75, 3.05) is 26.2 Å². The monoisotopic (exact) mass is 530 g/mol. The number of rotatable bonds is 5. The third-order valence-corrected chi connectivity index (χ3v) is 5.73. The van der Waals surface area contributed by atoms with E-state index in [4.69, 9.17) is 9.73 Å². The van der Waals surface area contributed by atoms with Crippen molar-refractivity contribution in [3.8, 4) is 5.75 Å². The van der Waals surface area contributed by atoms with Gasteiger partial charge in [-0.3, -0.25) is 0 Å². The van der Waals surface area contributed by atoms with Crippen LogP contribution in [0.2, 0.25) is 0 Å². The molecule has 1 aromatic rings. The SMILES string of the molecule is CCNC(=NCc1c(O)ccc2c1CCCC2)NC1CCN(C(=O)OCC)CC1.I. The van der Waals surface area contributed by atoms with Gasteiger partial charge < -0.3 is 25.4 Å². The number of aryl methyl sites for hydroxylation is 1. The molecule has 1 amide bonds. The number of benzene rings is 1. The first-order valence-corrected chi connectivity index (χ1v) is 10.9. The maximum Gasteiger partial charge on any atom is 0.409 e. The molecule has 0 saturated carbocycles. The van der Waals surface area contributed by atoms with Crippen molar-refractivity contribution in [2.45, 2.75) is 65.0 Å². The van der Waals surface area contributed by atoms with Gasteiger partial charge in [-0.25, -0.2) is 9.79 Å². The fraction of sp³-hybridized carbons (Fsp3) is 0.636. The summed E-state index contributed by atoms with van der Waals surface area (Å²) in [5.41, 5.74) is 3.58. The average Bonchev–Trinajstić information content (AvgIpc) is 2.74. The van der Waals surface area contributed by atoms with E-state index in [1.54, 1.807) is 11.0 Å². The molecular weight excluding hydrogens is 495 g/mol. The lowest BCUT2D eigenvalue weighted by molar-refractivity contribution is 0.0963. The highest BCUT2D eigenvalue weighted by Gasteiger charge is 2.24. The molecule has 3 rings (SSSR count). The lowest BCUT2D eigenvalue weighted by Crippen LogP contribution is -2.49. The predicted molar refractivity (Wildman–Crippen MR) is 130 cm³/mol. The van der Waals surface area contributed by atoms with Crippen molar-refractivity contribution in [3.63, 3.8) is 0 Å². The number of aliphatic imine (C=N–C) groups is 1. The third kappa shape index (κ3) is 6.39. The molecule has 0 unspecified atom stereocenters. The van der Waals surface area contributed by atoms with E-state index in [1.807, 2.05) is 13.8 Å². The normalized spacial score (nSPS) is 17.0. The summed E-state index contributed by atoms with van der Waals surface area (Å²) in [5.74, 6) is 1.10. The van der Waals surface area contributed by atoms with Crippen LogP contribution in [-0.2, 0) is 24.1 Å². The second-order valence-corrected chi connectivity index (χ2v) is 7.71. The topological polar surface area (TPSA) is 86.2 Å². The smallest absolute Gasteiger partial charge is 0.409 e. The zero-order valence-corrected chi connectivity index (χ0v) is 20.4. The van der Waals surface area contributed by atoms with E-state index in [1.165, 1.54) is 24.0 Å². The van der Waals surface area contributed by atoms with Gasteiger partial charge in [-0.1, -0.05) is 6.07 Å². The highest BCUT2D eigenvalue weighted by atomic mass is 127. The molecule has 1 fully saturated rings. The number of halogens is 1. The Morgan fingerprint density at radius 2 is 1.97 bits per heavy atom. The van der Waals surface area contributed by atoms with Gasteiger partial charge >= 0.3 is 6.09 Å². The van der Waals surface area contributed by atoms with E-state index < -0.39 is 0 Å². The Morgan fingerprint density at radius 1 is 1.23 bits per heavy atom. The van der Waals surface area contributed by atoms with Gasteiger partial charge in [0.05, 0.1) is 13.2 Å². The number of fused-ring (bicyclic) bond motifs is 1. The summed E-state index contributed by atoms with van der Waals surface area (Å²) < 4.78 is 5.09. The molecule has 1 aliphatic carbocycles. The fourth-order valence-corrected chi connectivity index (χ4v) is 4.16. The number of nitrogens with zero attached hydrogens (tertiary/aromatic N) is 2. The molecule has 168 valence electrons. The molecular formula is C22H35IN4O3. The molecule has 0 bridgehead atoms. The molecule has 30 heavy (non-hydrogen) atoms. The molecule has 8 heteroatoms. The van der Waals surface area contributed by atoms with Crippen molar-refractivity contribution >= 4 is 36.0 Å². The number of ether oxygens (including phenoxy) is 1. The molecule has 0 radical (unpaired) electrons. The van der Waals surface area contributed by atoms with Gasteiger partial charge in [-0.15, -0.1) is 24.0 Å². The summed E-state index contributed by atoms with van der Waals surface area (Å²) in [6, 6.07) is 4.12. The summed E-state index contributed by atoms with van der Waals surface area (Å²) >= 11 is 0. The minimum absolute atomic E-state index is 0. The van der Waals surface area contributed by atoms with Gasteiger partial charge in [0.1, 0.15) is 5.75 Å². The number of nitrogens with one attached hydrogen (secondary N) is 2. The van der Waals surface area contributed by atoms with E-state index in [0.29, 0.717) is 32.0 Å². The van der Waals surface area contributed by atoms with Crippen LogP contribution >= 0.6 is 24.0 Å². The number of hydrogen-bond acceptors (Lipinski definition) is 4. The largest absolute Gasteiger partial charge is 0.508 e. The van der Waals surface area contributed by atoms with Gasteiger partial charge in [0, 0.05) is 31.2 Å². The Bertz CT molecular complexity index is 733. The summed E-state index contributed by atoms with van der Waals surface area (Å²) in [4.78, 5) is 18.4. The molecule has 7 nitrogen and oxygen atoms in total. The highest BCUT2D eigenvalue weighted by molar-refractivity contribution is 14.0. The summed E-state index contributed by atoms with van der Waals surface area (Å²) in [6.07, 6.45) is 5.98. The van der Waals surface area contributed by atoms with Crippen LogP contribution in [0.15, 0.2) is 17.1 Å². The number of phenols is 1. The quantitative estimate of drug-likeness (QED) is 0.308. The van der Waals surface area contributed by atoms with Crippen LogP contribution in [0.1, 0.15) is 56.2 Å². The highest BCUT2D eigenvalue weighted by Crippen LogP contribution is 2.31. The maximum absolute atomic E-state index is 11.9. The Hall–Kier alpha value is -1.71. The summed E-state index contributed by atoms with van der Waals surface area (Å²) in [7, 11) is 0. The first-order valence-electron chi connectivity index (χ1n) is 10.9. The van der Waals surface area contributed by atoms with Gasteiger partial charge in [0.25, 0.3) is 0 Å². The molecule has 0 spiro atoms. The van der Waals surface area contributed by atoms with Gasteiger partial charge in [0.2, 0.25) is 0 Å². The number of hydrogen-bond donors (Lipinski definition) is 3. The first kappa shape index (κ1) is 24.6. The van der Waals surface area contributed by atoms with Crippen LogP contribution in [0.25, 0.3) is 0 Å². The van der Waals surface area contributed by atoms with Crippen LogP contribution in [0.4, 0.5) is 4.79 Å². The van der Waals surface area contributed by atoms with Gasteiger partial charge in [0.15, 0.2) is 5.96 Å². The fourth-order valence-electron chi connectivity index (χ4n) is 4.16. The second kappa shape index (κ2) is 12.2. The lowest BCUT2D eigenvalue weighted by atomic mass is 9.88. The molecule has 1 aliphatic heterocycles. The maximum atomic E-state index is 11.9. The Labute approximate surface area is 196 Å². The van der Waals surface area contributed by atoms with Crippen molar-refractivity contribution < 1.29 is 14.6 Å². The average molecular weight is 530 g/mol. The van der Waals surface area contributed by atoms with Crippen LogP contribution in [0, 0.1) is 0 Å². The number of piperidine rings is 1. The minimum Gasteiger partial charge on any atom is -0.508 e. The van der Waals surface area contributed by atoms with Gasteiger partial charge in [-0.05, 0) is 69.6 Å². The van der Waals surface area contributed by atoms with E-state index in [0.717, 1.165) is 43.8 Å². The number of amides is 1. The van der Waals surface area contributed by atoms with Crippen molar-refractivity contribution in [1.82, 2.24) is 15.5 Å². The first-order chi connectivity index (χ1) is 14.1. The zero-order chi connectivity index (χ0) is 20.6. The number of phenolic OH excluding ortho intramolecular Hbond substituents is 1. The molecule has 1 saturated heterocycles. The molecule has 2 aliphatic rings. The molecule has 3 N–H and O–H groups in total. The Balaban J connectivity index is 0.00000320. The van der Waals surface area contributed by atoms with Crippen molar-refractivity contribution in [3.05, 3.63) is 28.8 Å². The second-order valence-electron chi connectivity index (χ2n) is 7.71. The Morgan fingerprint density at radius 3 is 2.67 bits per heavy atom. The number of carbonyl (C=O) groups excluding carboxylic acids is 1. The number of likely N-dealkylation sites (tertiary alicyclic amines) is 1.